The molecule has 0 aromatic heterocycles. The molecule has 14 heavy (non-hydrogen) atoms. The van der Waals surface area contributed by atoms with Gasteiger partial charge in [0.05, 0.1) is 0 Å². The summed E-state index contributed by atoms with van der Waals surface area (Å²) >= 11 is 0. The molecule has 0 spiro atoms. The van der Waals surface area contributed by atoms with Crippen LogP contribution in [0.25, 0.3) is 0 Å². The van der Waals surface area contributed by atoms with Crippen molar-refractivity contribution in [2.24, 2.45) is 5.73 Å². The van der Waals surface area contributed by atoms with E-state index < -0.39 is 6.03 Å². The highest BCUT2D eigenvalue weighted by atomic mass is 16.2. The van der Waals surface area contributed by atoms with Gasteiger partial charge in [0.15, 0.2) is 0 Å². The van der Waals surface area contributed by atoms with Crippen LogP contribution in [0.1, 0.15) is 12.8 Å². The first-order valence-corrected chi connectivity index (χ1v) is 4.67. The molecule has 1 aromatic rings. The van der Waals surface area contributed by atoms with Crippen LogP contribution in [-0.4, -0.2) is 12.6 Å². The Morgan fingerprint density at radius 1 is 1.36 bits per heavy atom. The van der Waals surface area contributed by atoms with Gasteiger partial charge in [0.25, 0.3) is 0 Å². The number of hydrogen-bond donors (Lipinski definition) is 1. The van der Waals surface area contributed by atoms with Crippen LogP contribution >= 0.6 is 0 Å². The molecule has 0 atom stereocenters. The fourth-order valence-electron chi connectivity index (χ4n) is 1.24. The lowest BCUT2D eigenvalue weighted by atomic mass is 10.2. The van der Waals surface area contributed by atoms with E-state index in [4.69, 9.17) is 5.73 Å². The molecule has 0 aliphatic rings. The molecule has 0 bridgehead atoms. The summed E-state index contributed by atoms with van der Waals surface area (Å²) in [6, 6.07) is 9.00. The number of rotatable bonds is 4. The summed E-state index contributed by atoms with van der Waals surface area (Å²) in [5.74, 6) is 0. The minimum Gasteiger partial charge on any atom is -0.351 e. The minimum absolute atomic E-state index is 0.412. The zero-order valence-corrected chi connectivity index (χ0v) is 8.15. The standard InChI is InChI=1S/C11H15N2O/c1-2-3-9-13(11(12)14)10-7-5-4-6-8-10/h4-8H,1-3,9H2,(H2,12,14). The first-order chi connectivity index (χ1) is 6.75. The lowest BCUT2D eigenvalue weighted by Gasteiger charge is -2.19. The largest absolute Gasteiger partial charge is 0.351 e. The molecular weight excluding hydrogens is 176 g/mol. The molecular formula is C11H15N2O. The number of nitrogens with zero attached hydrogens (tertiary/aromatic N) is 1. The van der Waals surface area contributed by atoms with Gasteiger partial charge in [-0.05, 0) is 18.6 Å². The van der Waals surface area contributed by atoms with Crippen LogP contribution in [0.4, 0.5) is 10.5 Å². The third-order valence-electron chi connectivity index (χ3n) is 1.97. The van der Waals surface area contributed by atoms with E-state index in [1.54, 1.807) is 4.90 Å². The first kappa shape index (κ1) is 10.6. The number of benzene rings is 1. The van der Waals surface area contributed by atoms with Crippen LogP contribution in [-0.2, 0) is 0 Å². The normalized spacial score (nSPS) is 9.79. The summed E-state index contributed by atoms with van der Waals surface area (Å²) in [5, 5.41) is 0. The number of carbonyl (C=O) groups is 1. The van der Waals surface area contributed by atoms with Crippen molar-refractivity contribution in [1.29, 1.82) is 0 Å². The van der Waals surface area contributed by atoms with Crippen molar-refractivity contribution in [2.45, 2.75) is 12.8 Å². The molecule has 3 heteroatoms. The molecule has 0 saturated carbocycles. The molecule has 3 nitrogen and oxygen atoms in total. The Kier molecular flexibility index (Phi) is 3.98. The van der Waals surface area contributed by atoms with E-state index >= 15 is 0 Å². The summed E-state index contributed by atoms with van der Waals surface area (Å²) in [6.45, 7) is 4.36. The summed E-state index contributed by atoms with van der Waals surface area (Å²) in [7, 11) is 0. The third kappa shape index (κ3) is 2.76. The van der Waals surface area contributed by atoms with Gasteiger partial charge in [0, 0.05) is 12.2 Å². The topological polar surface area (TPSA) is 46.3 Å². The highest BCUT2D eigenvalue weighted by Crippen LogP contribution is 2.13. The van der Waals surface area contributed by atoms with Gasteiger partial charge in [0.2, 0.25) is 0 Å². The van der Waals surface area contributed by atoms with Crippen LogP contribution in [0, 0.1) is 6.92 Å². The molecule has 0 aliphatic carbocycles. The molecule has 1 radical (unpaired) electrons. The number of amides is 2. The monoisotopic (exact) mass is 191 g/mol. The number of primary amides is 1. The van der Waals surface area contributed by atoms with Gasteiger partial charge in [0.1, 0.15) is 0 Å². The lowest BCUT2D eigenvalue weighted by molar-refractivity contribution is 0.254. The Morgan fingerprint density at radius 3 is 2.50 bits per heavy atom. The summed E-state index contributed by atoms with van der Waals surface area (Å²) in [5.41, 5.74) is 6.12. The van der Waals surface area contributed by atoms with E-state index in [0.717, 1.165) is 18.5 Å². The number of anilines is 1. The van der Waals surface area contributed by atoms with E-state index in [1.165, 1.54) is 0 Å². The predicted molar refractivity (Wildman–Crippen MR) is 58.0 cm³/mol. The quantitative estimate of drug-likeness (QED) is 0.779. The second-order valence-electron chi connectivity index (χ2n) is 3.03. The Bertz CT molecular complexity index is 285. The van der Waals surface area contributed by atoms with Gasteiger partial charge in [-0.15, -0.1) is 0 Å². The van der Waals surface area contributed by atoms with Crippen molar-refractivity contribution in [3.8, 4) is 0 Å². The van der Waals surface area contributed by atoms with E-state index in [0.29, 0.717) is 6.54 Å². The second-order valence-corrected chi connectivity index (χ2v) is 3.03. The lowest BCUT2D eigenvalue weighted by Crippen LogP contribution is -2.36. The van der Waals surface area contributed by atoms with Gasteiger partial charge < -0.3 is 5.73 Å². The van der Waals surface area contributed by atoms with Crippen LogP contribution in [0.3, 0.4) is 0 Å². The highest BCUT2D eigenvalue weighted by Gasteiger charge is 2.09. The van der Waals surface area contributed by atoms with Crippen LogP contribution in [0.15, 0.2) is 30.3 Å². The third-order valence-corrected chi connectivity index (χ3v) is 1.97. The smallest absolute Gasteiger partial charge is 0.319 e. The number of hydrogen-bond acceptors (Lipinski definition) is 1. The van der Waals surface area contributed by atoms with E-state index in [2.05, 4.69) is 6.92 Å². The van der Waals surface area contributed by atoms with E-state index in [-0.39, 0.29) is 0 Å². The Balaban J connectivity index is 2.73. The summed E-state index contributed by atoms with van der Waals surface area (Å²) in [6.07, 6.45) is 1.66. The molecule has 0 saturated heterocycles. The van der Waals surface area contributed by atoms with Gasteiger partial charge in [-0.25, -0.2) is 4.79 Å². The van der Waals surface area contributed by atoms with Crippen LogP contribution < -0.4 is 10.6 Å². The van der Waals surface area contributed by atoms with Crippen molar-refractivity contribution in [2.75, 3.05) is 11.4 Å². The summed E-state index contributed by atoms with van der Waals surface area (Å²) < 4.78 is 0. The number of nitrogens with two attached hydrogens (primary N) is 1. The van der Waals surface area contributed by atoms with Crippen LogP contribution in [0.2, 0.25) is 0 Å². The molecule has 1 rings (SSSR count). The average molecular weight is 191 g/mol. The number of para-hydroxylation sites is 1. The van der Waals surface area contributed by atoms with E-state index in [1.807, 2.05) is 30.3 Å². The average Bonchev–Trinajstić information content (AvgIpc) is 2.19. The van der Waals surface area contributed by atoms with E-state index in [9.17, 15) is 4.79 Å². The van der Waals surface area contributed by atoms with Crippen molar-refractivity contribution in [3.63, 3.8) is 0 Å². The fourth-order valence-corrected chi connectivity index (χ4v) is 1.24. The molecule has 2 N–H and O–H groups in total. The second kappa shape index (κ2) is 5.27. The fraction of sp³-hybridized carbons (Fsp3) is 0.273. The molecule has 0 fully saturated rings. The van der Waals surface area contributed by atoms with Crippen LogP contribution in [0.5, 0.6) is 0 Å². The maximum absolute atomic E-state index is 11.1. The molecule has 0 heterocycles. The minimum atomic E-state index is -0.412. The maximum atomic E-state index is 11.1. The highest BCUT2D eigenvalue weighted by molar-refractivity contribution is 5.90. The SMILES string of the molecule is [CH2]CCCN(C(N)=O)c1ccccc1. The zero-order chi connectivity index (χ0) is 10.4. The predicted octanol–water partition coefficient (Wildman–Crippen LogP) is 2.19. The Morgan fingerprint density at radius 2 is 2.00 bits per heavy atom. The van der Waals surface area contributed by atoms with Gasteiger partial charge in [-0.2, -0.15) is 0 Å². The summed E-state index contributed by atoms with van der Waals surface area (Å²) in [4.78, 5) is 12.7. The van der Waals surface area contributed by atoms with Crippen molar-refractivity contribution >= 4 is 11.7 Å². The molecule has 2 amide bonds. The molecule has 75 valence electrons. The Labute approximate surface area is 84.5 Å². The molecule has 1 aromatic carbocycles. The maximum Gasteiger partial charge on any atom is 0.319 e. The van der Waals surface area contributed by atoms with Gasteiger partial charge in [-0.1, -0.05) is 31.5 Å². The van der Waals surface area contributed by atoms with Crippen molar-refractivity contribution in [3.05, 3.63) is 37.3 Å². The number of unbranched alkanes of at least 4 members (excludes halogenated alkanes) is 1. The van der Waals surface area contributed by atoms with Crippen molar-refractivity contribution in [1.82, 2.24) is 0 Å². The Hall–Kier alpha value is -1.51. The van der Waals surface area contributed by atoms with Gasteiger partial charge in [-0.3, -0.25) is 4.90 Å². The molecule has 0 aliphatic heterocycles. The van der Waals surface area contributed by atoms with Gasteiger partial charge >= 0.3 is 6.03 Å². The zero-order valence-electron chi connectivity index (χ0n) is 8.15. The molecule has 0 unspecified atom stereocenters. The number of urea groups is 1. The van der Waals surface area contributed by atoms with Crippen molar-refractivity contribution < 1.29 is 4.79 Å². The number of carbonyl (C=O) groups excluding carboxylic acids is 1. The first-order valence-electron chi connectivity index (χ1n) is 4.67.